The van der Waals surface area contributed by atoms with Crippen LogP contribution in [0.3, 0.4) is 0 Å². The molecule has 5 rings (SSSR count). The van der Waals surface area contributed by atoms with Crippen LogP contribution < -0.4 is 4.73 Å². The quantitative estimate of drug-likeness (QED) is 0.155. The molecule has 180 valence electrons. The number of H-pyrrole nitrogens is 1. The highest BCUT2D eigenvalue weighted by Gasteiger charge is 2.30. The molecule has 0 radical (unpaired) electrons. The highest BCUT2D eigenvalue weighted by molar-refractivity contribution is 6.31. The molecule has 1 unspecified atom stereocenters. The van der Waals surface area contributed by atoms with E-state index in [9.17, 15) is 23.9 Å². The number of halogens is 3. The van der Waals surface area contributed by atoms with E-state index in [0.717, 1.165) is 22.4 Å². The van der Waals surface area contributed by atoms with Gasteiger partial charge in [-0.25, -0.2) is 18.6 Å². The molecule has 3 N–H and O–H groups in total. The minimum atomic E-state index is -1.06. The molecule has 1 atom stereocenters. The van der Waals surface area contributed by atoms with E-state index in [1.165, 1.54) is 24.4 Å². The largest absolute Gasteiger partial charge is 0.478 e. The van der Waals surface area contributed by atoms with E-state index in [2.05, 4.69) is 9.97 Å². The monoisotopic (exact) mass is 506 g/mol. The maximum absolute atomic E-state index is 14.6. The highest BCUT2D eigenvalue weighted by Crippen LogP contribution is 2.32. The molecule has 6 nitrogen and oxygen atoms in total. The number of benzene rings is 3. The van der Waals surface area contributed by atoms with Crippen LogP contribution in [0.4, 0.5) is 8.78 Å². The van der Waals surface area contributed by atoms with Crippen LogP contribution in [0.1, 0.15) is 33.4 Å². The van der Waals surface area contributed by atoms with Crippen LogP contribution in [-0.4, -0.2) is 26.3 Å². The topological polar surface area (TPSA) is 90.1 Å². The van der Waals surface area contributed by atoms with Gasteiger partial charge in [-0.3, -0.25) is 5.21 Å². The summed E-state index contributed by atoms with van der Waals surface area (Å²) in [6.45, 7) is 0. The van der Waals surface area contributed by atoms with Gasteiger partial charge in [-0.05, 0) is 48.4 Å². The van der Waals surface area contributed by atoms with Gasteiger partial charge in [-0.2, -0.15) is 0 Å². The van der Waals surface area contributed by atoms with Gasteiger partial charge in [-0.1, -0.05) is 41.9 Å². The molecule has 0 aliphatic rings. The van der Waals surface area contributed by atoms with Gasteiger partial charge >= 0.3 is 5.97 Å². The highest BCUT2D eigenvalue weighted by atomic mass is 35.5. The number of aromatic amines is 1. The molecule has 0 fully saturated rings. The number of carboxylic acid groups (broad SMARTS) is 1. The van der Waals surface area contributed by atoms with Gasteiger partial charge in [0.15, 0.2) is 5.82 Å². The van der Waals surface area contributed by atoms with Crippen molar-refractivity contribution in [2.24, 2.45) is 0 Å². The summed E-state index contributed by atoms with van der Waals surface area (Å²) in [5, 5.41) is 20.0. The first-order valence-corrected chi connectivity index (χ1v) is 11.3. The van der Waals surface area contributed by atoms with E-state index in [-0.39, 0.29) is 21.7 Å². The lowest BCUT2D eigenvalue weighted by Crippen LogP contribution is -2.37. The number of rotatable bonds is 6. The van der Waals surface area contributed by atoms with Gasteiger partial charge in [-0.15, -0.1) is 0 Å². The number of hydrogen-bond donors (Lipinski definition) is 3. The number of nitrogens with one attached hydrogen (secondary N) is 1. The zero-order valence-corrected chi connectivity index (χ0v) is 19.4. The van der Waals surface area contributed by atoms with Crippen LogP contribution in [0.5, 0.6) is 0 Å². The molecule has 9 heteroatoms. The third-order valence-electron chi connectivity index (χ3n) is 6.01. The Hall–Kier alpha value is -4.30. The van der Waals surface area contributed by atoms with E-state index >= 15 is 0 Å². The smallest absolute Gasteiger partial charge is 0.335 e. The maximum atomic E-state index is 14.6. The second-order valence-corrected chi connectivity index (χ2v) is 8.71. The predicted octanol–water partition coefficient (Wildman–Crippen LogP) is 5.76. The third-order valence-corrected chi connectivity index (χ3v) is 6.30. The van der Waals surface area contributed by atoms with Crippen LogP contribution in [-0.2, 0) is 6.42 Å². The van der Waals surface area contributed by atoms with Crippen molar-refractivity contribution in [2.75, 3.05) is 0 Å². The molecule has 0 saturated heterocycles. The fraction of sp³-hybridized carbons (Fsp3) is 0.0741. The van der Waals surface area contributed by atoms with E-state index in [0.29, 0.717) is 29.0 Å². The van der Waals surface area contributed by atoms with Gasteiger partial charge in [0, 0.05) is 10.8 Å². The Balaban J connectivity index is 1.62. The van der Waals surface area contributed by atoms with Crippen molar-refractivity contribution in [1.82, 2.24) is 9.97 Å². The van der Waals surface area contributed by atoms with Gasteiger partial charge in [0.05, 0.1) is 32.7 Å². The lowest BCUT2D eigenvalue weighted by molar-refractivity contribution is -0.909. The fourth-order valence-electron chi connectivity index (χ4n) is 4.23. The van der Waals surface area contributed by atoms with E-state index in [4.69, 9.17) is 11.6 Å². The van der Waals surface area contributed by atoms with E-state index in [1.807, 2.05) is 30.3 Å². The van der Waals surface area contributed by atoms with Gasteiger partial charge in [0.1, 0.15) is 17.6 Å². The van der Waals surface area contributed by atoms with Crippen LogP contribution in [0.2, 0.25) is 5.02 Å². The summed E-state index contributed by atoms with van der Waals surface area (Å²) < 4.78 is 29.8. The number of hydrogen-bond acceptors (Lipinski definition) is 3. The van der Waals surface area contributed by atoms with E-state index in [1.54, 1.807) is 12.1 Å². The van der Waals surface area contributed by atoms with Crippen molar-refractivity contribution in [1.29, 1.82) is 0 Å². The number of imidazole rings is 1. The Kier molecular flexibility index (Phi) is 6.12. The second kappa shape index (κ2) is 9.39. The minimum absolute atomic E-state index is 0.105. The molecular formula is C27H19ClF2N3O3+. The Bertz CT molecular complexity index is 1610. The average Bonchev–Trinajstić information content (AvgIpc) is 3.29. The van der Waals surface area contributed by atoms with Crippen LogP contribution in [0.25, 0.3) is 22.2 Å². The molecule has 0 aliphatic heterocycles. The van der Waals surface area contributed by atoms with Gasteiger partial charge in [0.2, 0.25) is 11.9 Å². The lowest BCUT2D eigenvalue weighted by atomic mass is 9.94. The summed E-state index contributed by atoms with van der Waals surface area (Å²) in [5.41, 5.74) is 2.34. The van der Waals surface area contributed by atoms with Crippen LogP contribution >= 0.6 is 11.6 Å². The Morgan fingerprint density at radius 3 is 2.56 bits per heavy atom. The summed E-state index contributed by atoms with van der Waals surface area (Å²) >= 11 is 5.84. The Morgan fingerprint density at radius 2 is 1.83 bits per heavy atom. The minimum Gasteiger partial charge on any atom is -0.478 e. The first-order chi connectivity index (χ1) is 17.3. The first kappa shape index (κ1) is 23.4. The number of aromatic nitrogens is 3. The SMILES string of the molecule is O=C(O)c1ccc2nc(C(Cc3ccccc3)c3ccc(-c4c(F)ccc(Cl)c4F)c[n+]3O)[nH]c2c1. The summed E-state index contributed by atoms with van der Waals surface area (Å²) in [7, 11) is 0. The summed E-state index contributed by atoms with van der Waals surface area (Å²) in [5.74, 6) is -2.79. The van der Waals surface area contributed by atoms with Crippen LogP contribution in [0.15, 0.2) is 79.0 Å². The molecule has 2 aromatic heterocycles. The number of fused-ring (bicyclic) bond motifs is 1. The molecular weight excluding hydrogens is 488 g/mol. The number of nitrogens with zero attached hydrogens (tertiary/aromatic N) is 2. The van der Waals surface area contributed by atoms with Crippen molar-refractivity contribution in [3.63, 3.8) is 0 Å². The lowest BCUT2D eigenvalue weighted by Gasteiger charge is -2.13. The zero-order chi connectivity index (χ0) is 25.4. The molecule has 0 amide bonds. The summed E-state index contributed by atoms with van der Waals surface area (Å²) in [6, 6.07) is 19.4. The van der Waals surface area contributed by atoms with Crippen molar-refractivity contribution in [3.8, 4) is 11.1 Å². The molecule has 0 spiro atoms. The normalized spacial score (nSPS) is 12.1. The summed E-state index contributed by atoms with van der Waals surface area (Å²) in [4.78, 5) is 19.2. The predicted molar refractivity (Wildman–Crippen MR) is 129 cm³/mol. The molecule has 0 saturated carbocycles. The third kappa shape index (κ3) is 4.38. The Morgan fingerprint density at radius 1 is 1.06 bits per heavy atom. The number of pyridine rings is 1. The number of carboxylic acids is 1. The summed E-state index contributed by atoms with van der Waals surface area (Å²) in [6.07, 6.45) is 1.66. The fourth-order valence-corrected chi connectivity index (χ4v) is 4.39. The number of aromatic carboxylic acids is 1. The Labute approximate surface area is 209 Å². The first-order valence-electron chi connectivity index (χ1n) is 11.0. The molecule has 0 aliphatic carbocycles. The molecule has 5 aromatic rings. The second-order valence-electron chi connectivity index (χ2n) is 8.31. The molecule has 2 heterocycles. The van der Waals surface area contributed by atoms with Gasteiger partial charge in [0.25, 0.3) is 0 Å². The van der Waals surface area contributed by atoms with Crippen molar-refractivity contribution in [2.45, 2.75) is 12.3 Å². The number of carbonyl (C=O) groups is 1. The maximum Gasteiger partial charge on any atom is 0.335 e. The average molecular weight is 507 g/mol. The van der Waals surface area contributed by atoms with E-state index < -0.39 is 23.5 Å². The van der Waals surface area contributed by atoms with Crippen molar-refractivity contribution in [3.05, 3.63) is 118 Å². The van der Waals surface area contributed by atoms with Crippen molar-refractivity contribution < 1.29 is 28.6 Å². The van der Waals surface area contributed by atoms with Crippen LogP contribution in [0, 0.1) is 11.6 Å². The molecule has 36 heavy (non-hydrogen) atoms. The molecule has 0 bridgehead atoms. The van der Waals surface area contributed by atoms with Gasteiger partial charge < -0.3 is 10.1 Å². The zero-order valence-electron chi connectivity index (χ0n) is 18.6. The molecule has 3 aromatic carbocycles. The standard InChI is InChI=1S/C27H18ClF2N3O3/c28-19-8-9-20(29)24(25(19)30)17-7-11-23(33(36)14-17)18(12-15-4-2-1-3-5-15)26-31-21-10-6-16(27(34)35)13-22(21)32-26/h1-11,13-14,18H,12H2,(H2-,31,32,34,35,36)/p+1. The van der Waals surface area contributed by atoms with Crippen molar-refractivity contribution >= 4 is 28.6 Å².